The van der Waals surface area contributed by atoms with E-state index in [0.29, 0.717) is 6.08 Å². The Morgan fingerprint density at radius 2 is 1.91 bits per heavy atom. The van der Waals surface area contributed by atoms with Gasteiger partial charge in [-0.2, -0.15) is 13.2 Å². The third-order valence-corrected chi connectivity index (χ3v) is 5.57. The van der Waals surface area contributed by atoms with Gasteiger partial charge >= 0.3 is 22.4 Å². The minimum atomic E-state index is -10.2. The monoisotopic (exact) mass is 545 g/mol. The van der Waals surface area contributed by atoms with Crippen LogP contribution in [0.2, 0.25) is 0 Å². The van der Waals surface area contributed by atoms with Gasteiger partial charge in [0.15, 0.2) is 0 Å². The molecule has 0 saturated carbocycles. The number of ether oxygens (including phenoxy) is 2. The summed E-state index contributed by atoms with van der Waals surface area (Å²) >= 11 is 0. The van der Waals surface area contributed by atoms with Gasteiger partial charge < -0.3 is 24.6 Å². The van der Waals surface area contributed by atoms with Gasteiger partial charge in [-0.05, 0) is 30.2 Å². The minimum absolute atomic E-state index is 0.00279. The number of hydrogen-bond acceptors (Lipinski definition) is 7. The molecule has 2 rings (SSSR count). The van der Waals surface area contributed by atoms with Gasteiger partial charge in [0.2, 0.25) is 11.4 Å². The maximum Gasteiger partial charge on any atom is 0.430 e. The van der Waals surface area contributed by atoms with Crippen LogP contribution in [0, 0.1) is 5.21 Å². The largest absolute Gasteiger partial charge is 0.569 e. The Hall–Kier alpha value is -3.02. The van der Waals surface area contributed by atoms with Gasteiger partial charge in [-0.3, -0.25) is 0 Å². The SMILES string of the molecule is CCc1cc(S(F)(F)(F)(F)F)cc2c1O[C@H](C(F)(F)F)C(C(=O)OCON=[N+]([O-])N(C)CCO)=C2. The summed E-state index contributed by atoms with van der Waals surface area (Å²) in [6.07, 6.45) is -8.34. The van der Waals surface area contributed by atoms with Crippen molar-refractivity contribution in [3.63, 3.8) is 0 Å². The van der Waals surface area contributed by atoms with Crippen molar-refractivity contribution in [3.05, 3.63) is 34.0 Å². The van der Waals surface area contributed by atoms with Crippen LogP contribution in [0.25, 0.3) is 6.08 Å². The van der Waals surface area contributed by atoms with Crippen molar-refractivity contribution < 1.29 is 61.8 Å². The van der Waals surface area contributed by atoms with E-state index >= 15 is 0 Å². The van der Waals surface area contributed by atoms with E-state index in [4.69, 9.17) is 9.84 Å². The fourth-order valence-electron chi connectivity index (χ4n) is 2.78. The molecular weight excluding hydrogens is 526 g/mol. The molecule has 9 nitrogen and oxygen atoms in total. The number of rotatable bonds is 9. The number of hydrogen-bond donors (Lipinski definition) is 1. The van der Waals surface area contributed by atoms with Crippen LogP contribution >= 0.6 is 10.2 Å². The molecule has 0 aromatic heterocycles. The lowest BCUT2D eigenvalue weighted by molar-refractivity contribution is -0.706. The quantitative estimate of drug-likeness (QED) is 0.0900. The van der Waals surface area contributed by atoms with Crippen molar-refractivity contribution in [2.75, 3.05) is 27.0 Å². The van der Waals surface area contributed by atoms with Crippen molar-refractivity contribution in [2.45, 2.75) is 30.5 Å². The minimum Gasteiger partial charge on any atom is -0.569 e. The van der Waals surface area contributed by atoms with E-state index in [-0.39, 0.29) is 23.6 Å². The number of likely N-dealkylation sites (N-methyl/N-ethyl adjacent to an activating group) is 1. The summed E-state index contributed by atoms with van der Waals surface area (Å²) in [5.74, 6) is -2.54. The molecule has 1 heterocycles. The molecule has 0 unspecified atom stereocenters. The number of alkyl halides is 3. The molecule has 0 saturated heterocycles. The second kappa shape index (κ2) is 8.89. The van der Waals surface area contributed by atoms with Crippen molar-refractivity contribution in [3.8, 4) is 5.75 Å². The normalized spacial score (nSPS) is 18.4. The van der Waals surface area contributed by atoms with E-state index in [9.17, 15) is 42.6 Å². The summed E-state index contributed by atoms with van der Waals surface area (Å²) in [5.41, 5.74) is -2.79. The number of aliphatic hydroxyl groups excluding tert-OH is 1. The first-order valence-corrected chi connectivity index (χ1v) is 11.4. The van der Waals surface area contributed by atoms with E-state index in [2.05, 4.69) is 14.9 Å². The number of nitrogens with zero attached hydrogens (tertiary/aromatic N) is 3. The molecule has 200 valence electrons. The lowest BCUT2D eigenvalue weighted by Gasteiger charge is -2.41. The number of halogens is 8. The Balaban J connectivity index is 2.41. The lowest BCUT2D eigenvalue weighted by Crippen LogP contribution is -2.41. The zero-order chi connectivity index (χ0) is 26.9. The van der Waals surface area contributed by atoms with E-state index in [0.717, 1.165) is 5.01 Å². The van der Waals surface area contributed by atoms with Crippen LogP contribution in [0.4, 0.5) is 32.6 Å². The smallest absolute Gasteiger partial charge is 0.430 e. The average Bonchev–Trinajstić information content (AvgIpc) is 2.72. The number of carbonyl (C=O) groups excluding carboxylic acids is 1. The van der Waals surface area contributed by atoms with Crippen LogP contribution in [-0.2, 0) is 20.8 Å². The number of esters is 1. The van der Waals surface area contributed by atoms with Crippen LogP contribution in [0.1, 0.15) is 18.1 Å². The summed E-state index contributed by atoms with van der Waals surface area (Å²) in [5, 5.41) is 23.8. The molecule has 1 aromatic rings. The molecule has 1 N–H and O–H groups in total. The van der Waals surface area contributed by atoms with Crippen LogP contribution in [0.5, 0.6) is 5.75 Å². The molecule has 1 atom stereocenters. The Kier molecular flexibility index (Phi) is 7.16. The molecule has 35 heavy (non-hydrogen) atoms. The predicted molar refractivity (Wildman–Crippen MR) is 103 cm³/mol. The highest BCUT2D eigenvalue weighted by molar-refractivity contribution is 8.45. The van der Waals surface area contributed by atoms with Gasteiger partial charge in [-0.25, -0.2) is 4.79 Å². The summed E-state index contributed by atoms with van der Waals surface area (Å²) in [4.78, 5) is 14.0. The molecular formula is C17H19F8N3O6S. The molecule has 0 aliphatic carbocycles. The Labute approximate surface area is 192 Å². The number of fused-ring (bicyclic) bond motifs is 1. The van der Waals surface area contributed by atoms with Crippen LogP contribution in [-0.4, -0.2) is 60.3 Å². The first kappa shape index (κ1) is 28.2. The van der Waals surface area contributed by atoms with Gasteiger partial charge in [-0.15, -0.1) is 5.01 Å². The van der Waals surface area contributed by atoms with E-state index in [1.54, 1.807) is 0 Å². The van der Waals surface area contributed by atoms with Crippen molar-refractivity contribution in [1.82, 2.24) is 5.01 Å². The third-order valence-electron chi connectivity index (χ3n) is 4.44. The van der Waals surface area contributed by atoms with Crippen LogP contribution in [0.15, 0.2) is 27.9 Å². The molecule has 18 heteroatoms. The zero-order valence-electron chi connectivity index (χ0n) is 17.9. The number of aryl methyl sites for hydroxylation is 1. The second-order valence-electron chi connectivity index (χ2n) is 7.08. The highest BCUT2D eigenvalue weighted by Crippen LogP contribution is 3.02. The van der Waals surface area contributed by atoms with Gasteiger partial charge in [0.1, 0.15) is 10.6 Å². The Morgan fingerprint density at radius 3 is 2.43 bits per heavy atom. The fourth-order valence-corrected chi connectivity index (χ4v) is 3.50. The summed E-state index contributed by atoms with van der Waals surface area (Å²) in [6, 6.07) is -0.114. The Bertz CT molecular complexity index is 1050. The molecule has 1 aliphatic rings. The maximum atomic E-state index is 13.5. The van der Waals surface area contributed by atoms with Gasteiger partial charge in [-0.1, -0.05) is 26.4 Å². The van der Waals surface area contributed by atoms with Crippen LogP contribution < -0.4 is 4.74 Å². The molecule has 0 radical (unpaired) electrons. The van der Waals surface area contributed by atoms with E-state index in [1.165, 1.54) is 14.0 Å². The summed E-state index contributed by atoms with van der Waals surface area (Å²) in [6.45, 7) is -0.598. The molecule has 0 fully saturated rings. The maximum absolute atomic E-state index is 13.5. The first-order chi connectivity index (χ1) is 15.8. The van der Waals surface area contributed by atoms with Crippen molar-refractivity contribution >= 4 is 22.3 Å². The highest BCUT2D eigenvalue weighted by atomic mass is 32.5. The van der Waals surface area contributed by atoms with Crippen LogP contribution in [0.3, 0.4) is 0 Å². The Morgan fingerprint density at radius 1 is 1.29 bits per heavy atom. The third kappa shape index (κ3) is 7.00. The molecule has 0 spiro atoms. The van der Waals surface area contributed by atoms with Gasteiger partial charge in [0.25, 0.3) is 6.79 Å². The fraction of sp³-hybridized carbons (Fsp3) is 0.471. The number of aliphatic hydroxyl groups is 1. The first-order valence-electron chi connectivity index (χ1n) is 9.43. The van der Waals surface area contributed by atoms with Gasteiger partial charge in [0, 0.05) is 5.56 Å². The molecule has 0 bridgehead atoms. The standard InChI is InChI=1S/C17H19F8N3O6S/c1-3-10-6-12(35(21,22,23,24)25)7-11-8-13(15(17(18,19)20)34-14(10)11)16(30)32-9-33-26-28(31)27(2)4-5-29/h6-8,15,29H,3-5,9H2,1-2H3/t15-/m0/s1. The average molecular weight is 545 g/mol. The topological polar surface area (TPSA) is 107 Å². The van der Waals surface area contributed by atoms with E-state index < -0.39 is 75.6 Å². The highest BCUT2D eigenvalue weighted by Gasteiger charge is 2.66. The second-order valence-corrected chi connectivity index (χ2v) is 9.49. The summed E-state index contributed by atoms with van der Waals surface area (Å²) < 4.78 is 116. The number of hydrazine groups is 1. The number of carbonyl (C=O) groups is 1. The van der Waals surface area contributed by atoms with Crippen molar-refractivity contribution in [1.29, 1.82) is 0 Å². The number of benzene rings is 1. The zero-order valence-corrected chi connectivity index (χ0v) is 18.7. The van der Waals surface area contributed by atoms with Crippen molar-refractivity contribution in [2.24, 2.45) is 5.28 Å². The van der Waals surface area contributed by atoms with E-state index in [1.807, 2.05) is 0 Å². The lowest BCUT2D eigenvalue weighted by atomic mass is 9.98. The molecule has 1 aliphatic heterocycles. The summed E-state index contributed by atoms with van der Waals surface area (Å²) in [7, 11) is -9.04. The predicted octanol–water partition coefficient (Wildman–Crippen LogP) is 4.85. The van der Waals surface area contributed by atoms with Gasteiger partial charge in [0.05, 0.1) is 30.7 Å². The molecule has 1 aromatic carbocycles. The molecule has 0 amide bonds.